The largest absolute Gasteiger partial charge is 0.326 e. The second-order valence-corrected chi connectivity index (χ2v) is 7.40. The van der Waals surface area contributed by atoms with E-state index >= 15 is 0 Å². The molecule has 1 aliphatic carbocycles. The lowest BCUT2D eigenvalue weighted by molar-refractivity contribution is 0.270. The van der Waals surface area contributed by atoms with Crippen molar-refractivity contribution in [3.8, 4) is 0 Å². The molecule has 100 valence electrons. The highest BCUT2D eigenvalue weighted by molar-refractivity contribution is 9.10. The highest BCUT2D eigenvalue weighted by Crippen LogP contribution is 2.29. The summed E-state index contributed by atoms with van der Waals surface area (Å²) in [5, 5.41) is 0. The number of nitrogens with one attached hydrogen (secondary N) is 1. The van der Waals surface area contributed by atoms with E-state index in [2.05, 4.69) is 27.6 Å². The van der Waals surface area contributed by atoms with Crippen molar-refractivity contribution < 1.29 is 8.42 Å². The van der Waals surface area contributed by atoms with Gasteiger partial charge in [-0.15, -0.1) is 0 Å². The number of hydrogen-bond acceptors (Lipinski definition) is 3. The van der Waals surface area contributed by atoms with Gasteiger partial charge in [0.25, 0.3) is 0 Å². The van der Waals surface area contributed by atoms with Crippen LogP contribution in [-0.2, 0) is 16.6 Å². The van der Waals surface area contributed by atoms with Gasteiger partial charge in [-0.25, -0.2) is 13.1 Å². The van der Waals surface area contributed by atoms with E-state index in [0.29, 0.717) is 16.9 Å². The number of sulfonamides is 1. The monoisotopic (exact) mass is 332 g/mol. The van der Waals surface area contributed by atoms with Gasteiger partial charge in [0.15, 0.2) is 0 Å². The second-order valence-electron chi connectivity index (χ2n) is 4.86. The molecular formula is C12H17BrN2O2S. The van der Waals surface area contributed by atoms with E-state index in [1.165, 1.54) is 0 Å². The van der Waals surface area contributed by atoms with Crippen LogP contribution in [0.1, 0.15) is 25.3 Å². The Bertz CT molecular complexity index is 539. The summed E-state index contributed by atoms with van der Waals surface area (Å²) in [6.07, 6.45) is 1.83. The summed E-state index contributed by atoms with van der Waals surface area (Å²) in [7, 11) is -3.44. The van der Waals surface area contributed by atoms with Crippen LogP contribution in [0.3, 0.4) is 0 Å². The predicted molar refractivity (Wildman–Crippen MR) is 74.5 cm³/mol. The summed E-state index contributed by atoms with van der Waals surface area (Å²) in [6.45, 7) is 2.52. The molecule has 3 N–H and O–H groups in total. The first-order valence-corrected chi connectivity index (χ1v) is 8.21. The summed E-state index contributed by atoms with van der Waals surface area (Å²) in [6, 6.07) is 5.16. The summed E-state index contributed by atoms with van der Waals surface area (Å²) < 4.78 is 27.7. The Morgan fingerprint density at radius 3 is 2.61 bits per heavy atom. The van der Waals surface area contributed by atoms with Gasteiger partial charge in [0.1, 0.15) is 0 Å². The van der Waals surface area contributed by atoms with E-state index in [1.807, 2.05) is 0 Å². The zero-order chi connectivity index (χ0) is 13.3. The number of rotatable bonds is 4. The van der Waals surface area contributed by atoms with Crippen molar-refractivity contribution in [2.75, 3.05) is 0 Å². The Kier molecular flexibility index (Phi) is 4.11. The first kappa shape index (κ1) is 14.0. The van der Waals surface area contributed by atoms with Crippen molar-refractivity contribution in [1.82, 2.24) is 4.72 Å². The normalized spacial score (nSPS) is 23.7. The van der Waals surface area contributed by atoms with Gasteiger partial charge in [0, 0.05) is 17.1 Å². The third-order valence-electron chi connectivity index (χ3n) is 3.22. The van der Waals surface area contributed by atoms with Crippen LogP contribution in [0.2, 0.25) is 0 Å². The molecule has 0 amide bonds. The zero-order valence-corrected chi connectivity index (χ0v) is 12.6. The van der Waals surface area contributed by atoms with Crippen LogP contribution < -0.4 is 10.5 Å². The maximum Gasteiger partial charge on any atom is 0.241 e. The molecule has 0 radical (unpaired) electrons. The van der Waals surface area contributed by atoms with Gasteiger partial charge in [0.2, 0.25) is 10.0 Å². The Hall–Kier alpha value is -0.430. The van der Waals surface area contributed by atoms with E-state index < -0.39 is 10.0 Å². The van der Waals surface area contributed by atoms with Crippen LogP contribution in [0, 0.1) is 5.92 Å². The molecule has 0 bridgehead atoms. The molecule has 1 aromatic rings. The Labute approximate surface area is 116 Å². The minimum Gasteiger partial charge on any atom is -0.326 e. The number of benzene rings is 1. The average molecular weight is 333 g/mol. The van der Waals surface area contributed by atoms with Gasteiger partial charge in [-0.1, -0.05) is 13.0 Å². The third kappa shape index (κ3) is 2.93. The van der Waals surface area contributed by atoms with Crippen molar-refractivity contribution in [3.63, 3.8) is 0 Å². The third-order valence-corrected chi connectivity index (χ3v) is 5.71. The van der Waals surface area contributed by atoms with E-state index in [4.69, 9.17) is 5.73 Å². The van der Waals surface area contributed by atoms with E-state index in [-0.39, 0.29) is 10.9 Å². The van der Waals surface area contributed by atoms with Crippen LogP contribution >= 0.6 is 15.9 Å². The van der Waals surface area contributed by atoms with Gasteiger partial charge in [-0.05, 0) is 52.4 Å². The highest BCUT2D eigenvalue weighted by atomic mass is 79.9. The van der Waals surface area contributed by atoms with Crippen LogP contribution in [0.4, 0.5) is 0 Å². The smallest absolute Gasteiger partial charge is 0.241 e. The van der Waals surface area contributed by atoms with E-state index in [1.54, 1.807) is 18.2 Å². The lowest BCUT2D eigenvalue weighted by Gasteiger charge is -2.33. The molecule has 1 fully saturated rings. The first-order chi connectivity index (χ1) is 8.42. The minimum atomic E-state index is -3.44. The Morgan fingerprint density at radius 2 is 2.11 bits per heavy atom. The molecule has 0 saturated heterocycles. The molecule has 1 saturated carbocycles. The lowest BCUT2D eigenvalue weighted by Crippen LogP contribution is -2.43. The highest BCUT2D eigenvalue weighted by Gasteiger charge is 2.30. The lowest BCUT2D eigenvalue weighted by atomic mass is 9.83. The van der Waals surface area contributed by atoms with Crippen LogP contribution in [0.5, 0.6) is 0 Å². The molecule has 2 rings (SSSR count). The SMILES string of the molecule is CC1CC(NS(=O)(=O)c2ccc(CN)cc2Br)C1. The van der Waals surface area contributed by atoms with Crippen LogP contribution in [0.25, 0.3) is 0 Å². The zero-order valence-electron chi connectivity index (χ0n) is 10.2. The minimum absolute atomic E-state index is 0.0751. The predicted octanol–water partition coefficient (Wildman–Crippen LogP) is 1.98. The molecule has 0 atom stereocenters. The molecule has 0 heterocycles. The molecule has 4 nitrogen and oxygen atoms in total. The molecule has 0 unspecified atom stereocenters. The topological polar surface area (TPSA) is 72.2 Å². The number of hydrogen-bond donors (Lipinski definition) is 2. The summed E-state index contributed by atoms with van der Waals surface area (Å²) in [5.74, 6) is 0.612. The van der Waals surface area contributed by atoms with Gasteiger partial charge in [-0.3, -0.25) is 0 Å². The van der Waals surface area contributed by atoms with Crippen molar-refractivity contribution in [2.45, 2.75) is 37.2 Å². The molecule has 0 spiro atoms. The van der Waals surface area contributed by atoms with Crippen LogP contribution in [0.15, 0.2) is 27.6 Å². The maximum atomic E-state index is 12.2. The van der Waals surface area contributed by atoms with Crippen molar-refractivity contribution in [2.24, 2.45) is 11.7 Å². The molecular weight excluding hydrogens is 316 g/mol. The Balaban J connectivity index is 2.19. The van der Waals surface area contributed by atoms with Gasteiger partial charge >= 0.3 is 0 Å². The molecule has 1 aromatic carbocycles. The van der Waals surface area contributed by atoms with Gasteiger partial charge in [-0.2, -0.15) is 0 Å². The molecule has 0 aliphatic heterocycles. The molecule has 0 aromatic heterocycles. The summed E-state index contributed by atoms with van der Waals surface area (Å²) in [4.78, 5) is 0.277. The average Bonchev–Trinajstić information content (AvgIpc) is 2.26. The van der Waals surface area contributed by atoms with Gasteiger partial charge in [0.05, 0.1) is 4.90 Å². The first-order valence-electron chi connectivity index (χ1n) is 5.93. The molecule has 18 heavy (non-hydrogen) atoms. The quantitative estimate of drug-likeness (QED) is 0.885. The standard InChI is InChI=1S/C12H17BrN2O2S/c1-8-4-10(5-8)15-18(16,17)12-3-2-9(7-14)6-11(12)13/h2-3,6,8,10,15H,4-5,7,14H2,1H3. The van der Waals surface area contributed by atoms with Crippen molar-refractivity contribution in [3.05, 3.63) is 28.2 Å². The maximum absolute atomic E-state index is 12.2. The van der Waals surface area contributed by atoms with Crippen molar-refractivity contribution >= 4 is 26.0 Å². The fourth-order valence-electron chi connectivity index (χ4n) is 2.17. The molecule has 1 aliphatic rings. The second kappa shape index (κ2) is 5.28. The fraction of sp³-hybridized carbons (Fsp3) is 0.500. The van der Waals surface area contributed by atoms with Crippen LogP contribution in [-0.4, -0.2) is 14.5 Å². The van der Waals surface area contributed by atoms with E-state index in [9.17, 15) is 8.42 Å². The number of nitrogens with two attached hydrogens (primary N) is 1. The number of halogens is 1. The van der Waals surface area contributed by atoms with Gasteiger partial charge < -0.3 is 5.73 Å². The Morgan fingerprint density at radius 1 is 1.44 bits per heavy atom. The van der Waals surface area contributed by atoms with E-state index in [0.717, 1.165) is 18.4 Å². The fourth-order valence-corrected chi connectivity index (χ4v) is 4.56. The molecule has 6 heteroatoms. The van der Waals surface area contributed by atoms with Crippen molar-refractivity contribution in [1.29, 1.82) is 0 Å². The summed E-state index contributed by atoms with van der Waals surface area (Å²) >= 11 is 3.29. The summed E-state index contributed by atoms with van der Waals surface area (Å²) in [5.41, 5.74) is 6.42.